The SMILES string of the molecule is CC1(C)CC2CCCNc3nc(ccc3O)SNC(=O)c3ccc(-n4ccc(OCCCC5(C(F)(F)F)CC5)n4)nc3N1C2. The third kappa shape index (κ3) is 6.26. The first-order valence-electron chi connectivity index (χ1n) is 14.9. The number of nitrogens with zero attached hydrogens (tertiary/aromatic N) is 5. The molecular weight excluding hydrogens is 595 g/mol. The van der Waals surface area contributed by atoms with Gasteiger partial charge in [0, 0.05) is 42.8 Å². The summed E-state index contributed by atoms with van der Waals surface area (Å²) in [5.41, 5.74) is -1.40. The van der Waals surface area contributed by atoms with E-state index in [1.807, 2.05) is 0 Å². The van der Waals surface area contributed by atoms with Crippen molar-refractivity contribution in [3.63, 3.8) is 0 Å². The second-order valence-corrected chi connectivity index (χ2v) is 13.3. The van der Waals surface area contributed by atoms with E-state index in [1.165, 1.54) is 0 Å². The lowest BCUT2D eigenvalue weighted by Gasteiger charge is -2.34. The molecule has 1 atom stereocenters. The highest BCUT2D eigenvalue weighted by Gasteiger charge is 2.62. The fourth-order valence-corrected chi connectivity index (χ4v) is 6.78. The summed E-state index contributed by atoms with van der Waals surface area (Å²) in [6.07, 6.45) is 0.994. The van der Waals surface area contributed by atoms with E-state index in [4.69, 9.17) is 9.72 Å². The summed E-state index contributed by atoms with van der Waals surface area (Å²) in [4.78, 5) is 25.1. The number of alkyl halides is 3. The Kier molecular flexibility index (Phi) is 8.05. The first kappa shape index (κ1) is 30.4. The summed E-state index contributed by atoms with van der Waals surface area (Å²) in [5, 5.41) is 18.4. The molecule has 1 unspecified atom stereocenters. The Morgan fingerprint density at radius 2 is 1.98 bits per heavy atom. The first-order valence-corrected chi connectivity index (χ1v) is 15.7. The molecule has 1 saturated heterocycles. The number of amides is 1. The van der Waals surface area contributed by atoms with E-state index in [-0.39, 0.29) is 43.1 Å². The molecule has 236 valence electrons. The molecule has 0 aromatic carbocycles. The summed E-state index contributed by atoms with van der Waals surface area (Å²) in [6, 6.07) is 8.27. The summed E-state index contributed by atoms with van der Waals surface area (Å²) in [5.74, 6) is 1.80. The summed E-state index contributed by atoms with van der Waals surface area (Å²) >= 11 is 1.06. The zero-order valence-corrected chi connectivity index (χ0v) is 25.5. The number of carbonyl (C=O) groups excluding carboxylic acids is 1. The van der Waals surface area contributed by atoms with Crippen LogP contribution in [0.3, 0.4) is 0 Å². The quantitative estimate of drug-likeness (QED) is 0.219. The fraction of sp³-hybridized carbons (Fsp3) is 0.533. The number of carbonyl (C=O) groups is 1. The molecule has 6 rings (SSSR count). The van der Waals surface area contributed by atoms with E-state index in [2.05, 4.69) is 38.9 Å². The van der Waals surface area contributed by atoms with E-state index in [9.17, 15) is 23.1 Å². The molecule has 3 aromatic heterocycles. The lowest BCUT2D eigenvalue weighted by molar-refractivity contribution is -0.189. The molecule has 1 aliphatic carbocycles. The molecule has 1 amide bonds. The molecule has 3 aromatic rings. The lowest BCUT2D eigenvalue weighted by atomic mass is 9.93. The van der Waals surface area contributed by atoms with Crippen LogP contribution in [0.5, 0.6) is 11.6 Å². The van der Waals surface area contributed by atoms with E-state index in [1.54, 1.807) is 41.2 Å². The highest BCUT2D eigenvalue weighted by Crippen LogP contribution is 2.60. The van der Waals surface area contributed by atoms with Crippen LogP contribution < -0.4 is 19.7 Å². The average Bonchev–Trinajstić information content (AvgIpc) is 3.53. The van der Waals surface area contributed by atoms with Crippen LogP contribution in [0.15, 0.2) is 41.6 Å². The number of hydrogen-bond donors (Lipinski definition) is 3. The van der Waals surface area contributed by atoms with Gasteiger partial charge in [-0.25, -0.2) is 14.6 Å². The molecule has 3 aliphatic rings. The van der Waals surface area contributed by atoms with Crippen molar-refractivity contribution in [3.05, 3.63) is 42.1 Å². The predicted molar refractivity (Wildman–Crippen MR) is 160 cm³/mol. The third-order valence-corrected chi connectivity index (χ3v) is 9.53. The highest BCUT2D eigenvalue weighted by atomic mass is 32.2. The molecule has 44 heavy (non-hydrogen) atoms. The van der Waals surface area contributed by atoms with Gasteiger partial charge >= 0.3 is 6.18 Å². The van der Waals surface area contributed by atoms with Crippen molar-refractivity contribution < 1.29 is 27.8 Å². The highest BCUT2D eigenvalue weighted by molar-refractivity contribution is 7.97. The number of fused-ring (bicyclic) bond motifs is 6. The largest absolute Gasteiger partial charge is 0.504 e. The van der Waals surface area contributed by atoms with Gasteiger partial charge in [0.15, 0.2) is 17.4 Å². The second-order valence-electron chi connectivity index (χ2n) is 12.5. The van der Waals surface area contributed by atoms with Crippen LogP contribution in [0.4, 0.5) is 24.8 Å². The number of halogens is 3. The molecular formula is C30H36F3N7O3S. The van der Waals surface area contributed by atoms with Crippen molar-refractivity contribution in [2.75, 3.05) is 29.9 Å². The number of hydrogen-bond acceptors (Lipinski definition) is 9. The molecule has 0 radical (unpaired) electrons. The molecule has 3 N–H and O–H groups in total. The monoisotopic (exact) mass is 631 g/mol. The van der Waals surface area contributed by atoms with E-state index in [0.717, 1.165) is 37.8 Å². The lowest BCUT2D eigenvalue weighted by Crippen LogP contribution is -2.40. The van der Waals surface area contributed by atoms with Crippen molar-refractivity contribution in [1.29, 1.82) is 0 Å². The number of pyridine rings is 2. The molecule has 14 heteroatoms. The van der Waals surface area contributed by atoms with Crippen molar-refractivity contribution in [2.45, 2.75) is 75.5 Å². The zero-order valence-electron chi connectivity index (χ0n) is 24.7. The van der Waals surface area contributed by atoms with Gasteiger partial charge in [0.2, 0.25) is 5.88 Å². The van der Waals surface area contributed by atoms with Gasteiger partial charge < -0.3 is 20.1 Å². The summed E-state index contributed by atoms with van der Waals surface area (Å²) in [7, 11) is 0. The van der Waals surface area contributed by atoms with Crippen LogP contribution >= 0.6 is 11.9 Å². The number of anilines is 2. The Balaban J connectivity index is 1.22. The Morgan fingerprint density at radius 3 is 2.75 bits per heavy atom. The Hall–Kier alpha value is -3.68. The summed E-state index contributed by atoms with van der Waals surface area (Å²) < 4.78 is 49.7. The minimum Gasteiger partial charge on any atom is -0.504 e. The van der Waals surface area contributed by atoms with Crippen LogP contribution in [0, 0.1) is 11.3 Å². The Labute approximate surface area is 257 Å². The van der Waals surface area contributed by atoms with Crippen LogP contribution in [-0.4, -0.2) is 62.2 Å². The van der Waals surface area contributed by atoms with Gasteiger partial charge in [0.1, 0.15) is 10.8 Å². The number of aromatic hydroxyl groups is 1. The van der Waals surface area contributed by atoms with Gasteiger partial charge in [-0.1, -0.05) is 0 Å². The van der Waals surface area contributed by atoms with Gasteiger partial charge in [0.25, 0.3) is 5.91 Å². The average molecular weight is 632 g/mol. The smallest absolute Gasteiger partial charge is 0.394 e. The van der Waals surface area contributed by atoms with Gasteiger partial charge in [0.05, 0.1) is 17.6 Å². The number of nitrogens with one attached hydrogen (secondary N) is 2. The standard InChI is InChI=1S/C30H36F3N7O3S/c1-28(2)17-19-5-3-14-34-25-21(41)7-9-24(36-25)44-38-27(42)20-6-8-22(35-26(20)39(28)18-19)40-15-10-23(37-40)43-16-4-11-29(12-13-29)30(31,32)33/h6-10,15,19,41H,3-5,11-14,16-18H2,1-2H3,(H,34,36)(H,38,42). The topological polar surface area (TPSA) is 117 Å². The van der Waals surface area contributed by atoms with Gasteiger partial charge in [-0.3, -0.25) is 9.52 Å². The first-order chi connectivity index (χ1) is 20.9. The normalized spacial score (nSPS) is 21.0. The maximum Gasteiger partial charge on any atom is 0.394 e. The second kappa shape index (κ2) is 11.7. The predicted octanol–water partition coefficient (Wildman–Crippen LogP) is 6.12. The van der Waals surface area contributed by atoms with E-state index >= 15 is 0 Å². The fourth-order valence-electron chi connectivity index (χ4n) is 6.20. The third-order valence-electron chi connectivity index (χ3n) is 8.80. The van der Waals surface area contributed by atoms with E-state index < -0.39 is 11.6 Å². The molecule has 1 saturated carbocycles. The molecule has 4 bridgehead atoms. The van der Waals surface area contributed by atoms with Crippen molar-refractivity contribution >= 4 is 29.5 Å². The number of ether oxygens (including phenoxy) is 1. The molecule has 5 heterocycles. The van der Waals surface area contributed by atoms with Crippen molar-refractivity contribution in [3.8, 4) is 17.4 Å². The molecule has 10 nitrogen and oxygen atoms in total. The van der Waals surface area contributed by atoms with Gasteiger partial charge in [-0.05, 0) is 89.0 Å². The summed E-state index contributed by atoms with van der Waals surface area (Å²) in [6.45, 7) is 5.82. The van der Waals surface area contributed by atoms with Crippen LogP contribution in [-0.2, 0) is 0 Å². The molecule has 2 fully saturated rings. The maximum atomic E-state index is 13.5. The number of aromatic nitrogens is 4. The van der Waals surface area contributed by atoms with Crippen LogP contribution in [0.2, 0.25) is 0 Å². The minimum absolute atomic E-state index is 0.0526. The van der Waals surface area contributed by atoms with Crippen LogP contribution in [0.25, 0.3) is 5.82 Å². The Bertz CT molecular complexity index is 1530. The molecule has 0 spiro atoms. The van der Waals surface area contributed by atoms with Crippen molar-refractivity contribution in [1.82, 2.24) is 24.5 Å². The van der Waals surface area contributed by atoms with Gasteiger partial charge in [-0.15, -0.1) is 5.10 Å². The Morgan fingerprint density at radius 1 is 1.16 bits per heavy atom. The minimum atomic E-state index is -4.17. The molecule has 2 aliphatic heterocycles. The maximum absolute atomic E-state index is 13.5. The van der Waals surface area contributed by atoms with Gasteiger partial charge in [-0.2, -0.15) is 13.2 Å². The van der Waals surface area contributed by atoms with Crippen molar-refractivity contribution in [2.24, 2.45) is 11.3 Å². The zero-order chi connectivity index (χ0) is 31.1. The number of rotatable bonds is 6. The van der Waals surface area contributed by atoms with E-state index in [0.29, 0.717) is 52.8 Å². The van der Waals surface area contributed by atoms with Crippen LogP contribution in [0.1, 0.15) is 69.2 Å².